The number of likely N-dealkylation sites (N-methyl/N-ethyl adjacent to an activating group) is 1. The van der Waals surface area contributed by atoms with Gasteiger partial charge in [-0.15, -0.1) is 0 Å². The molecule has 0 spiro atoms. The molecule has 0 bridgehead atoms. The van der Waals surface area contributed by atoms with Gasteiger partial charge in [-0.2, -0.15) is 0 Å². The highest BCUT2D eigenvalue weighted by atomic mass is 19.1. The van der Waals surface area contributed by atoms with Crippen LogP contribution in [0.4, 0.5) is 4.39 Å². The van der Waals surface area contributed by atoms with E-state index >= 15 is 0 Å². The lowest BCUT2D eigenvalue weighted by molar-refractivity contribution is 0.250. The third-order valence-corrected chi connectivity index (χ3v) is 2.76. The average molecular weight is 226 g/mol. The van der Waals surface area contributed by atoms with Gasteiger partial charge in [-0.3, -0.25) is 4.90 Å². The molecule has 0 saturated heterocycles. The van der Waals surface area contributed by atoms with Crippen LogP contribution in [0.25, 0.3) is 0 Å². The van der Waals surface area contributed by atoms with Crippen LogP contribution in [0.15, 0.2) is 18.2 Å². The summed E-state index contributed by atoms with van der Waals surface area (Å²) >= 11 is 0. The molecule has 0 aliphatic rings. The van der Waals surface area contributed by atoms with Crippen molar-refractivity contribution in [1.82, 2.24) is 4.90 Å². The molecule has 3 nitrogen and oxygen atoms in total. The van der Waals surface area contributed by atoms with Crippen LogP contribution < -0.4 is 10.5 Å². The number of rotatable bonds is 5. The average Bonchev–Trinajstić information content (AvgIpc) is 2.28. The zero-order valence-corrected chi connectivity index (χ0v) is 10.0. The summed E-state index contributed by atoms with van der Waals surface area (Å²) in [5.74, 6) is 0.460. The van der Waals surface area contributed by atoms with Crippen molar-refractivity contribution >= 4 is 0 Å². The highest BCUT2D eigenvalue weighted by Gasteiger charge is 2.11. The fourth-order valence-corrected chi connectivity index (χ4v) is 1.48. The Hall–Kier alpha value is -1.13. The number of nitrogens with two attached hydrogens (primary N) is 1. The molecule has 2 N–H and O–H groups in total. The number of nitrogens with zero attached hydrogens (tertiary/aromatic N) is 1. The number of halogens is 1. The van der Waals surface area contributed by atoms with Gasteiger partial charge in [0.25, 0.3) is 0 Å². The monoisotopic (exact) mass is 226 g/mol. The van der Waals surface area contributed by atoms with Gasteiger partial charge in [0, 0.05) is 24.7 Å². The Morgan fingerprint density at radius 2 is 2.19 bits per heavy atom. The van der Waals surface area contributed by atoms with Crippen LogP contribution in [-0.2, 0) is 6.54 Å². The van der Waals surface area contributed by atoms with Crippen LogP contribution in [0.1, 0.15) is 12.5 Å². The Balaban J connectivity index is 2.82. The van der Waals surface area contributed by atoms with E-state index in [-0.39, 0.29) is 11.9 Å². The second-order valence-corrected chi connectivity index (χ2v) is 3.96. The summed E-state index contributed by atoms with van der Waals surface area (Å²) in [7, 11) is 3.55. The van der Waals surface area contributed by atoms with Gasteiger partial charge in [-0.1, -0.05) is 0 Å². The van der Waals surface area contributed by atoms with Crippen molar-refractivity contribution < 1.29 is 9.13 Å². The van der Waals surface area contributed by atoms with E-state index in [1.165, 1.54) is 12.1 Å². The molecular weight excluding hydrogens is 207 g/mol. The summed E-state index contributed by atoms with van der Waals surface area (Å²) < 4.78 is 18.3. The summed E-state index contributed by atoms with van der Waals surface area (Å²) in [6.07, 6.45) is 0. The smallest absolute Gasteiger partial charge is 0.123 e. The summed E-state index contributed by atoms with van der Waals surface area (Å²) in [5.41, 5.74) is 6.42. The summed E-state index contributed by atoms with van der Waals surface area (Å²) in [6.45, 7) is 3.24. The van der Waals surface area contributed by atoms with Crippen molar-refractivity contribution in [1.29, 1.82) is 0 Å². The van der Waals surface area contributed by atoms with Gasteiger partial charge in [0.2, 0.25) is 0 Å². The number of hydrogen-bond acceptors (Lipinski definition) is 3. The molecule has 0 heterocycles. The Labute approximate surface area is 96.0 Å². The molecule has 16 heavy (non-hydrogen) atoms. The summed E-state index contributed by atoms with van der Waals surface area (Å²) in [6, 6.07) is 4.80. The largest absolute Gasteiger partial charge is 0.496 e. The quantitative estimate of drug-likeness (QED) is 0.829. The number of methoxy groups -OCH3 is 1. The predicted molar refractivity (Wildman–Crippen MR) is 62.9 cm³/mol. The lowest BCUT2D eigenvalue weighted by atomic mass is 10.1. The van der Waals surface area contributed by atoms with Crippen molar-refractivity contribution in [2.75, 3.05) is 20.7 Å². The molecule has 1 unspecified atom stereocenters. The molecule has 0 amide bonds. The molecule has 4 heteroatoms. The van der Waals surface area contributed by atoms with Crippen molar-refractivity contribution in [2.24, 2.45) is 5.73 Å². The highest BCUT2D eigenvalue weighted by Crippen LogP contribution is 2.21. The molecule has 1 atom stereocenters. The maximum Gasteiger partial charge on any atom is 0.123 e. The molecule has 0 aliphatic heterocycles. The first-order valence-electron chi connectivity index (χ1n) is 5.31. The lowest BCUT2D eigenvalue weighted by Gasteiger charge is -2.24. The summed E-state index contributed by atoms with van der Waals surface area (Å²) in [4.78, 5) is 2.07. The van der Waals surface area contributed by atoms with Crippen LogP contribution in [0, 0.1) is 5.82 Å². The highest BCUT2D eigenvalue weighted by molar-refractivity contribution is 5.33. The van der Waals surface area contributed by atoms with Crippen molar-refractivity contribution in [3.05, 3.63) is 29.6 Å². The van der Waals surface area contributed by atoms with Gasteiger partial charge in [0.15, 0.2) is 0 Å². The van der Waals surface area contributed by atoms with Crippen LogP contribution >= 0.6 is 0 Å². The van der Waals surface area contributed by atoms with E-state index in [1.807, 2.05) is 14.0 Å². The minimum absolute atomic E-state index is 0.246. The molecule has 1 aromatic rings. The van der Waals surface area contributed by atoms with E-state index in [0.29, 0.717) is 18.8 Å². The third-order valence-electron chi connectivity index (χ3n) is 2.76. The zero-order valence-electron chi connectivity index (χ0n) is 10.0. The predicted octanol–water partition coefficient (Wildman–Crippen LogP) is 1.61. The Morgan fingerprint density at radius 3 is 2.75 bits per heavy atom. The van der Waals surface area contributed by atoms with Crippen molar-refractivity contribution in [3.8, 4) is 5.75 Å². The second kappa shape index (κ2) is 5.82. The molecule has 0 radical (unpaired) electrons. The number of ether oxygens (including phenoxy) is 1. The zero-order chi connectivity index (χ0) is 12.1. The van der Waals surface area contributed by atoms with E-state index in [1.54, 1.807) is 13.2 Å². The number of benzene rings is 1. The molecule has 0 aliphatic carbocycles. The molecule has 1 rings (SSSR count). The van der Waals surface area contributed by atoms with Crippen LogP contribution in [0.5, 0.6) is 5.75 Å². The topological polar surface area (TPSA) is 38.5 Å². The third kappa shape index (κ3) is 3.18. The van der Waals surface area contributed by atoms with E-state index in [0.717, 1.165) is 5.56 Å². The van der Waals surface area contributed by atoms with Crippen LogP contribution in [-0.4, -0.2) is 31.6 Å². The van der Waals surface area contributed by atoms with Crippen molar-refractivity contribution in [3.63, 3.8) is 0 Å². The van der Waals surface area contributed by atoms with E-state index in [9.17, 15) is 4.39 Å². The van der Waals surface area contributed by atoms with Crippen molar-refractivity contribution in [2.45, 2.75) is 19.5 Å². The fourth-order valence-electron chi connectivity index (χ4n) is 1.48. The van der Waals surface area contributed by atoms with Gasteiger partial charge in [0.05, 0.1) is 7.11 Å². The molecule has 90 valence electrons. The molecule has 0 saturated carbocycles. The van der Waals surface area contributed by atoms with E-state index in [2.05, 4.69) is 4.90 Å². The first-order valence-corrected chi connectivity index (χ1v) is 5.31. The minimum atomic E-state index is -0.246. The second-order valence-electron chi connectivity index (χ2n) is 3.96. The molecule has 0 fully saturated rings. The Bertz CT molecular complexity index is 344. The normalized spacial score (nSPS) is 12.9. The molecular formula is C12H19FN2O. The van der Waals surface area contributed by atoms with Gasteiger partial charge in [-0.05, 0) is 32.2 Å². The first-order chi connectivity index (χ1) is 7.58. The van der Waals surface area contributed by atoms with Crippen LogP contribution in [0.3, 0.4) is 0 Å². The Morgan fingerprint density at radius 1 is 1.50 bits per heavy atom. The summed E-state index contributed by atoms with van der Waals surface area (Å²) in [5, 5.41) is 0. The number of hydrogen-bond donors (Lipinski definition) is 1. The first kappa shape index (κ1) is 12.9. The van der Waals surface area contributed by atoms with Crippen LogP contribution in [0.2, 0.25) is 0 Å². The van der Waals surface area contributed by atoms with Gasteiger partial charge >= 0.3 is 0 Å². The maximum atomic E-state index is 13.1. The minimum Gasteiger partial charge on any atom is -0.496 e. The van der Waals surface area contributed by atoms with Gasteiger partial charge in [-0.25, -0.2) is 4.39 Å². The van der Waals surface area contributed by atoms with E-state index < -0.39 is 0 Å². The van der Waals surface area contributed by atoms with Gasteiger partial charge < -0.3 is 10.5 Å². The maximum absolute atomic E-state index is 13.1. The molecule has 0 aromatic heterocycles. The Kier molecular flexibility index (Phi) is 4.71. The fraction of sp³-hybridized carbons (Fsp3) is 0.500. The standard InChI is InChI=1S/C12H19FN2O/c1-9(7-14)15(2)8-10-6-11(13)4-5-12(10)16-3/h4-6,9H,7-8,14H2,1-3H3. The SMILES string of the molecule is COc1ccc(F)cc1CN(C)C(C)CN. The molecule has 1 aromatic carbocycles. The van der Waals surface area contributed by atoms with E-state index in [4.69, 9.17) is 10.5 Å². The lowest BCUT2D eigenvalue weighted by Crippen LogP contribution is -2.34. The van der Waals surface area contributed by atoms with Gasteiger partial charge in [0.1, 0.15) is 11.6 Å².